The number of H-pyrrole nitrogens is 1. The molecule has 0 spiro atoms. The number of nitrogens with zero attached hydrogens (tertiary/aromatic N) is 3. The molecule has 2 heterocycles. The standard InChI is InChI=1S/C11H15N5O2/c1-6-4-9(14-7(2)13-6)16-11(17)10(12)8(15-16)5-18-3/h4,15H,5,12H2,1-3H3. The Kier molecular flexibility index (Phi) is 3.15. The van der Waals surface area contributed by atoms with E-state index in [1.165, 1.54) is 11.8 Å². The molecule has 7 nitrogen and oxygen atoms in total. The van der Waals surface area contributed by atoms with Gasteiger partial charge in [-0.25, -0.2) is 9.97 Å². The molecule has 0 saturated carbocycles. The second-order valence-corrected chi connectivity index (χ2v) is 3.99. The van der Waals surface area contributed by atoms with Crippen LogP contribution in [0.1, 0.15) is 17.2 Å². The van der Waals surface area contributed by atoms with Crippen molar-refractivity contribution in [3.8, 4) is 5.82 Å². The predicted octanol–water partition coefficient (Wildman–Crippen LogP) is 0.301. The van der Waals surface area contributed by atoms with E-state index in [0.29, 0.717) is 17.3 Å². The molecular weight excluding hydrogens is 234 g/mol. The fourth-order valence-corrected chi connectivity index (χ4v) is 1.72. The smallest absolute Gasteiger partial charge is 0.296 e. The minimum Gasteiger partial charge on any atom is -0.393 e. The Labute approximate surface area is 104 Å². The van der Waals surface area contributed by atoms with Gasteiger partial charge in [0, 0.05) is 18.9 Å². The molecule has 0 aliphatic heterocycles. The third-order valence-electron chi connectivity index (χ3n) is 2.48. The molecule has 0 aliphatic rings. The molecule has 0 aliphatic carbocycles. The van der Waals surface area contributed by atoms with Crippen molar-refractivity contribution in [1.82, 2.24) is 19.7 Å². The molecule has 2 aromatic heterocycles. The monoisotopic (exact) mass is 249 g/mol. The molecule has 0 bridgehead atoms. The van der Waals surface area contributed by atoms with Gasteiger partial charge in [-0.3, -0.25) is 9.89 Å². The van der Waals surface area contributed by atoms with E-state index >= 15 is 0 Å². The summed E-state index contributed by atoms with van der Waals surface area (Å²) in [5.74, 6) is 1.07. The second kappa shape index (κ2) is 4.61. The molecule has 2 aromatic rings. The Hall–Kier alpha value is -2.15. The number of nitrogen functional groups attached to an aromatic ring is 1. The number of hydrogen-bond donors (Lipinski definition) is 2. The van der Waals surface area contributed by atoms with Crippen molar-refractivity contribution < 1.29 is 4.74 Å². The van der Waals surface area contributed by atoms with Crippen molar-refractivity contribution >= 4 is 5.69 Å². The van der Waals surface area contributed by atoms with Crippen molar-refractivity contribution in [3.05, 3.63) is 33.6 Å². The number of methoxy groups -OCH3 is 1. The lowest BCUT2D eigenvalue weighted by atomic mass is 10.4. The van der Waals surface area contributed by atoms with Crippen LogP contribution in [0.15, 0.2) is 10.9 Å². The molecular formula is C11H15N5O2. The van der Waals surface area contributed by atoms with Crippen LogP contribution >= 0.6 is 0 Å². The van der Waals surface area contributed by atoms with Crippen molar-refractivity contribution in [3.63, 3.8) is 0 Å². The van der Waals surface area contributed by atoms with Crippen LogP contribution in [0.5, 0.6) is 0 Å². The van der Waals surface area contributed by atoms with Crippen LogP contribution in [0.4, 0.5) is 5.69 Å². The van der Waals surface area contributed by atoms with Gasteiger partial charge in [-0.2, -0.15) is 4.68 Å². The molecule has 2 rings (SSSR count). The van der Waals surface area contributed by atoms with Crippen molar-refractivity contribution in [1.29, 1.82) is 0 Å². The summed E-state index contributed by atoms with van der Waals surface area (Å²) in [6.07, 6.45) is 0. The normalized spacial score (nSPS) is 10.8. The minimum absolute atomic E-state index is 0.144. The summed E-state index contributed by atoms with van der Waals surface area (Å²) in [6.45, 7) is 3.85. The topological polar surface area (TPSA) is 98.8 Å². The minimum atomic E-state index is -0.334. The summed E-state index contributed by atoms with van der Waals surface area (Å²) in [6, 6.07) is 1.71. The van der Waals surface area contributed by atoms with Gasteiger partial charge in [-0.1, -0.05) is 0 Å². The highest BCUT2D eigenvalue weighted by Crippen LogP contribution is 2.09. The summed E-state index contributed by atoms with van der Waals surface area (Å²) in [5, 5.41) is 2.89. The lowest BCUT2D eigenvalue weighted by Gasteiger charge is -2.03. The number of rotatable bonds is 3. The summed E-state index contributed by atoms with van der Waals surface area (Å²) in [7, 11) is 1.54. The highest BCUT2D eigenvalue weighted by molar-refractivity contribution is 5.43. The van der Waals surface area contributed by atoms with Gasteiger partial charge in [0.15, 0.2) is 5.82 Å². The summed E-state index contributed by atoms with van der Waals surface area (Å²) in [4.78, 5) is 20.3. The zero-order chi connectivity index (χ0) is 13.3. The van der Waals surface area contributed by atoms with E-state index in [0.717, 1.165) is 5.69 Å². The molecule has 0 amide bonds. The Morgan fingerprint density at radius 3 is 2.78 bits per heavy atom. The van der Waals surface area contributed by atoms with Gasteiger partial charge in [0.2, 0.25) is 0 Å². The van der Waals surface area contributed by atoms with E-state index in [2.05, 4.69) is 15.1 Å². The SMILES string of the molecule is COCc1[nH]n(-c2cc(C)nc(C)n2)c(=O)c1N. The molecule has 3 N–H and O–H groups in total. The number of nitrogens with one attached hydrogen (secondary N) is 1. The Morgan fingerprint density at radius 1 is 1.44 bits per heavy atom. The van der Waals surface area contributed by atoms with E-state index in [-0.39, 0.29) is 17.9 Å². The van der Waals surface area contributed by atoms with Gasteiger partial charge in [0.25, 0.3) is 5.56 Å². The fourth-order valence-electron chi connectivity index (χ4n) is 1.72. The van der Waals surface area contributed by atoms with Crippen LogP contribution in [0.2, 0.25) is 0 Å². The van der Waals surface area contributed by atoms with Crippen molar-refractivity contribution in [2.24, 2.45) is 0 Å². The second-order valence-electron chi connectivity index (χ2n) is 3.99. The lowest BCUT2D eigenvalue weighted by molar-refractivity contribution is 0.181. The summed E-state index contributed by atoms with van der Waals surface area (Å²) >= 11 is 0. The maximum atomic E-state index is 12.0. The summed E-state index contributed by atoms with van der Waals surface area (Å²) in [5.41, 5.74) is 6.85. The van der Waals surface area contributed by atoms with Crippen LogP contribution in [-0.4, -0.2) is 26.9 Å². The van der Waals surface area contributed by atoms with Gasteiger partial charge in [-0.15, -0.1) is 0 Å². The number of nitrogens with two attached hydrogens (primary N) is 1. The maximum Gasteiger partial charge on any atom is 0.296 e. The Morgan fingerprint density at radius 2 is 2.17 bits per heavy atom. The zero-order valence-corrected chi connectivity index (χ0v) is 10.5. The van der Waals surface area contributed by atoms with E-state index in [9.17, 15) is 4.79 Å². The summed E-state index contributed by atoms with van der Waals surface area (Å²) < 4.78 is 6.26. The molecule has 0 saturated heterocycles. The molecule has 7 heteroatoms. The average Bonchev–Trinajstić information content (AvgIpc) is 2.57. The number of aromatic nitrogens is 4. The molecule has 0 atom stereocenters. The third-order valence-corrected chi connectivity index (χ3v) is 2.48. The highest BCUT2D eigenvalue weighted by Gasteiger charge is 2.13. The molecule has 18 heavy (non-hydrogen) atoms. The molecule has 0 unspecified atom stereocenters. The predicted molar refractivity (Wildman–Crippen MR) is 66.6 cm³/mol. The Bertz CT molecular complexity index is 609. The first-order chi connectivity index (χ1) is 8.52. The van der Waals surface area contributed by atoms with Gasteiger partial charge >= 0.3 is 0 Å². The fraction of sp³-hybridized carbons (Fsp3) is 0.364. The maximum absolute atomic E-state index is 12.0. The number of ether oxygens (including phenoxy) is 1. The molecule has 0 radical (unpaired) electrons. The quantitative estimate of drug-likeness (QED) is 0.815. The number of aromatic amines is 1. The van der Waals surface area contributed by atoms with Gasteiger partial charge in [0.1, 0.15) is 11.5 Å². The zero-order valence-electron chi connectivity index (χ0n) is 10.5. The van der Waals surface area contributed by atoms with E-state index in [1.54, 1.807) is 13.0 Å². The lowest BCUT2D eigenvalue weighted by Crippen LogP contribution is -2.18. The van der Waals surface area contributed by atoms with Crippen LogP contribution < -0.4 is 11.3 Å². The third kappa shape index (κ3) is 2.12. The first-order valence-corrected chi connectivity index (χ1v) is 5.44. The molecule has 0 aromatic carbocycles. The van der Waals surface area contributed by atoms with Crippen LogP contribution in [0, 0.1) is 13.8 Å². The van der Waals surface area contributed by atoms with Gasteiger partial charge in [0.05, 0.1) is 12.3 Å². The highest BCUT2D eigenvalue weighted by atomic mass is 16.5. The molecule has 0 fully saturated rings. The van der Waals surface area contributed by atoms with E-state index in [1.807, 2.05) is 6.92 Å². The van der Waals surface area contributed by atoms with Crippen LogP contribution in [0.25, 0.3) is 5.82 Å². The number of aryl methyl sites for hydroxylation is 2. The first kappa shape index (κ1) is 12.3. The molecule has 96 valence electrons. The van der Waals surface area contributed by atoms with Crippen LogP contribution in [0.3, 0.4) is 0 Å². The van der Waals surface area contributed by atoms with Gasteiger partial charge < -0.3 is 10.5 Å². The van der Waals surface area contributed by atoms with Crippen molar-refractivity contribution in [2.45, 2.75) is 20.5 Å². The Balaban J connectivity index is 2.57. The number of anilines is 1. The first-order valence-electron chi connectivity index (χ1n) is 5.44. The van der Waals surface area contributed by atoms with E-state index < -0.39 is 0 Å². The van der Waals surface area contributed by atoms with Gasteiger partial charge in [-0.05, 0) is 13.8 Å². The van der Waals surface area contributed by atoms with Crippen molar-refractivity contribution in [2.75, 3.05) is 12.8 Å². The van der Waals surface area contributed by atoms with E-state index in [4.69, 9.17) is 10.5 Å². The average molecular weight is 249 g/mol. The van der Waals surface area contributed by atoms with Crippen LogP contribution in [-0.2, 0) is 11.3 Å². The largest absolute Gasteiger partial charge is 0.393 e. The number of hydrogen-bond acceptors (Lipinski definition) is 5.